The third kappa shape index (κ3) is 2.32. The fraction of sp³-hybridized carbons (Fsp3) is 0.158. The number of rotatable bonds is 2. The topological polar surface area (TPSA) is 53.2 Å². The third-order valence-electron chi connectivity index (χ3n) is 4.48. The van der Waals surface area contributed by atoms with Crippen LogP contribution in [-0.4, -0.2) is 24.3 Å². The van der Waals surface area contributed by atoms with Crippen LogP contribution in [0.2, 0.25) is 0 Å². The highest BCUT2D eigenvalue weighted by molar-refractivity contribution is 7.89. The van der Waals surface area contributed by atoms with Crippen molar-refractivity contribution in [1.82, 2.24) is 9.29 Å². The van der Waals surface area contributed by atoms with Gasteiger partial charge in [-0.2, -0.15) is 0 Å². The molecule has 4 rings (SSSR count). The number of aromatic amines is 1. The normalized spacial score (nSPS) is 15.0. The molecule has 0 aliphatic carbocycles. The average Bonchev–Trinajstić information content (AvgIpc) is 2.89. The van der Waals surface area contributed by atoms with Gasteiger partial charge >= 0.3 is 0 Å². The highest BCUT2D eigenvalue weighted by atomic mass is 32.2. The van der Waals surface area contributed by atoms with Crippen LogP contribution in [0.15, 0.2) is 65.7 Å². The first-order valence-electron chi connectivity index (χ1n) is 7.92. The van der Waals surface area contributed by atoms with Gasteiger partial charge in [0.25, 0.3) is 10.0 Å². The molecular weight excluding hydrogens is 320 g/mol. The number of nitrogens with one attached hydrogen (secondary N) is 1. The van der Waals surface area contributed by atoms with Gasteiger partial charge < -0.3 is 4.98 Å². The molecule has 0 radical (unpaired) electrons. The van der Waals surface area contributed by atoms with Gasteiger partial charge in [0.1, 0.15) is 0 Å². The summed E-state index contributed by atoms with van der Waals surface area (Å²) in [5.41, 5.74) is 4.24. The SMILES string of the molecule is CC1=CN(S(=O)(=O)c2ccccc2)CCc2c1[nH]c1ccccc21. The highest BCUT2D eigenvalue weighted by Gasteiger charge is 2.25. The van der Waals surface area contributed by atoms with Crippen molar-refractivity contribution in [1.29, 1.82) is 0 Å². The summed E-state index contributed by atoms with van der Waals surface area (Å²) in [6, 6.07) is 16.7. The summed E-state index contributed by atoms with van der Waals surface area (Å²) in [6.07, 6.45) is 2.42. The Balaban J connectivity index is 1.79. The van der Waals surface area contributed by atoms with Crippen LogP contribution in [0, 0.1) is 0 Å². The number of nitrogens with zero attached hydrogens (tertiary/aromatic N) is 1. The van der Waals surface area contributed by atoms with E-state index in [1.165, 1.54) is 15.3 Å². The number of fused-ring (bicyclic) bond motifs is 3. The Bertz CT molecular complexity index is 1030. The standard InChI is InChI=1S/C19H18N2O2S/c1-14-13-21(24(22,23)15-7-3-2-4-8-15)12-11-17-16-9-5-6-10-18(16)20-19(14)17/h2-10,13,20H,11-12H2,1H3. The maximum absolute atomic E-state index is 12.9. The first-order chi connectivity index (χ1) is 11.6. The van der Waals surface area contributed by atoms with Gasteiger partial charge in [0.05, 0.1) is 4.90 Å². The molecule has 1 N–H and O–H groups in total. The van der Waals surface area contributed by atoms with E-state index in [0.29, 0.717) is 17.9 Å². The molecule has 1 aromatic heterocycles. The summed E-state index contributed by atoms with van der Waals surface area (Å²) in [6.45, 7) is 2.39. The molecular formula is C19H18N2O2S. The number of allylic oxidation sites excluding steroid dienone is 1. The van der Waals surface area contributed by atoms with Crippen molar-refractivity contribution < 1.29 is 8.42 Å². The van der Waals surface area contributed by atoms with Crippen LogP contribution in [0.5, 0.6) is 0 Å². The van der Waals surface area contributed by atoms with E-state index in [4.69, 9.17) is 0 Å². The van der Waals surface area contributed by atoms with Gasteiger partial charge in [-0.1, -0.05) is 36.4 Å². The molecule has 4 nitrogen and oxygen atoms in total. The summed E-state index contributed by atoms with van der Waals surface area (Å²) in [5.74, 6) is 0. The average molecular weight is 338 g/mol. The van der Waals surface area contributed by atoms with Gasteiger partial charge in [-0.3, -0.25) is 4.31 Å². The zero-order chi connectivity index (χ0) is 16.7. The van der Waals surface area contributed by atoms with E-state index < -0.39 is 10.0 Å². The molecule has 0 unspecified atom stereocenters. The van der Waals surface area contributed by atoms with Crippen molar-refractivity contribution in [3.8, 4) is 0 Å². The van der Waals surface area contributed by atoms with Gasteiger partial charge in [0.15, 0.2) is 0 Å². The first-order valence-corrected chi connectivity index (χ1v) is 9.36. The number of sulfonamides is 1. The molecule has 2 aromatic carbocycles. The van der Waals surface area contributed by atoms with Crippen molar-refractivity contribution in [2.75, 3.05) is 6.54 Å². The molecule has 0 fully saturated rings. The predicted molar refractivity (Wildman–Crippen MR) is 96.0 cm³/mol. The minimum Gasteiger partial charge on any atom is -0.355 e. The minimum atomic E-state index is -3.52. The van der Waals surface area contributed by atoms with Gasteiger partial charge in [0, 0.05) is 29.3 Å². The Hall–Kier alpha value is -2.53. The number of para-hydroxylation sites is 1. The molecule has 24 heavy (non-hydrogen) atoms. The monoisotopic (exact) mass is 338 g/mol. The second-order valence-electron chi connectivity index (χ2n) is 6.02. The lowest BCUT2D eigenvalue weighted by Gasteiger charge is -2.19. The number of benzene rings is 2. The highest BCUT2D eigenvalue weighted by Crippen LogP contribution is 2.31. The third-order valence-corrected chi connectivity index (χ3v) is 6.25. The van der Waals surface area contributed by atoms with Crippen LogP contribution in [0.3, 0.4) is 0 Å². The Morgan fingerprint density at radius 2 is 1.71 bits per heavy atom. The first kappa shape index (κ1) is 15.0. The second-order valence-corrected chi connectivity index (χ2v) is 7.91. The largest absolute Gasteiger partial charge is 0.355 e. The molecule has 0 saturated carbocycles. The summed E-state index contributed by atoms with van der Waals surface area (Å²) in [7, 11) is -3.52. The Morgan fingerprint density at radius 3 is 2.50 bits per heavy atom. The molecule has 122 valence electrons. The van der Waals surface area contributed by atoms with Gasteiger partial charge in [0.2, 0.25) is 0 Å². The van der Waals surface area contributed by atoms with E-state index in [1.54, 1.807) is 30.5 Å². The lowest BCUT2D eigenvalue weighted by molar-refractivity contribution is 0.502. The quantitative estimate of drug-likeness (QED) is 0.773. The fourth-order valence-electron chi connectivity index (χ4n) is 3.28. The van der Waals surface area contributed by atoms with Gasteiger partial charge in [-0.05, 0) is 42.7 Å². The molecule has 0 saturated heterocycles. The smallest absolute Gasteiger partial charge is 0.263 e. The van der Waals surface area contributed by atoms with E-state index in [9.17, 15) is 8.42 Å². The predicted octanol–water partition coefficient (Wildman–Crippen LogP) is 3.78. The van der Waals surface area contributed by atoms with Gasteiger partial charge in [-0.25, -0.2) is 8.42 Å². The zero-order valence-electron chi connectivity index (χ0n) is 13.4. The summed E-state index contributed by atoms with van der Waals surface area (Å²) in [4.78, 5) is 3.75. The lowest BCUT2D eigenvalue weighted by atomic mass is 10.1. The van der Waals surface area contributed by atoms with Crippen molar-refractivity contribution in [2.24, 2.45) is 0 Å². The van der Waals surface area contributed by atoms with E-state index in [-0.39, 0.29) is 0 Å². The molecule has 0 atom stereocenters. The van der Waals surface area contributed by atoms with Crippen molar-refractivity contribution >= 4 is 26.5 Å². The lowest BCUT2D eigenvalue weighted by Crippen LogP contribution is -2.27. The molecule has 1 aliphatic heterocycles. The van der Waals surface area contributed by atoms with Crippen LogP contribution < -0.4 is 0 Å². The van der Waals surface area contributed by atoms with Crippen LogP contribution in [-0.2, 0) is 16.4 Å². The Kier molecular flexibility index (Phi) is 3.46. The Labute approximate surface area is 141 Å². The van der Waals surface area contributed by atoms with E-state index in [1.807, 2.05) is 25.1 Å². The minimum absolute atomic E-state index is 0.324. The van der Waals surface area contributed by atoms with Crippen molar-refractivity contribution in [3.63, 3.8) is 0 Å². The van der Waals surface area contributed by atoms with Gasteiger partial charge in [-0.15, -0.1) is 0 Å². The van der Waals surface area contributed by atoms with E-state index in [2.05, 4.69) is 17.1 Å². The number of hydrogen-bond donors (Lipinski definition) is 1. The maximum atomic E-state index is 12.9. The zero-order valence-corrected chi connectivity index (χ0v) is 14.2. The molecule has 3 aromatic rings. The van der Waals surface area contributed by atoms with Crippen molar-refractivity contribution in [3.05, 3.63) is 72.1 Å². The summed E-state index contributed by atoms with van der Waals surface area (Å²) < 4.78 is 27.2. The molecule has 0 spiro atoms. The molecule has 5 heteroatoms. The molecule has 1 aliphatic rings. The number of aromatic nitrogens is 1. The van der Waals surface area contributed by atoms with E-state index >= 15 is 0 Å². The van der Waals surface area contributed by atoms with Crippen LogP contribution in [0.25, 0.3) is 16.5 Å². The Morgan fingerprint density at radius 1 is 1.00 bits per heavy atom. The van der Waals surface area contributed by atoms with Crippen molar-refractivity contribution in [2.45, 2.75) is 18.2 Å². The second kappa shape index (κ2) is 5.53. The summed E-state index contributed by atoms with van der Waals surface area (Å²) >= 11 is 0. The number of H-pyrrole nitrogens is 1. The summed E-state index contributed by atoms with van der Waals surface area (Å²) in [5, 5.41) is 1.17. The maximum Gasteiger partial charge on any atom is 0.263 e. The van der Waals surface area contributed by atoms with Crippen LogP contribution in [0.1, 0.15) is 18.2 Å². The molecule has 0 bridgehead atoms. The number of hydrogen-bond acceptors (Lipinski definition) is 2. The van der Waals surface area contributed by atoms with E-state index in [0.717, 1.165) is 16.8 Å². The van der Waals surface area contributed by atoms with Crippen LogP contribution >= 0.6 is 0 Å². The molecule has 0 amide bonds. The molecule has 2 heterocycles. The fourth-order valence-corrected chi connectivity index (χ4v) is 4.68. The van der Waals surface area contributed by atoms with Crippen LogP contribution in [0.4, 0.5) is 0 Å².